The van der Waals surface area contributed by atoms with E-state index < -0.39 is 0 Å². The molecule has 2 nitrogen and oxygen atoms in total. The van der Waals surface area contributed by atoms with Crippen LogP contribution in [-0.4, -0.2) is 6.61 Å². The van der Waals surface area contributed by atoms with Crippen LogP contribution in [0.3, 0.4) is 0 Å². The zero-order valence-corrected chi connectivity index (χ0v) is 8.23. The van der Waals surface area contributed by atoms with Gasteiger partial charge in [-0.3, -0.25) is 0 Å². The van der Waals surface area contributed by atoms with Gasteiger partial charge >= 0.3 is 0 Å². The van der Waals surface area contributed by atoms with Crippen LogP contribution in [0.25, 0.3) is 10.8 Å². The average molecular weight is 197 g/mol. The first-order valence-electron chi connectivity index (χ1n) is 4.66. The molecule has 2 rings (SSSR count). The molecule has 0 aliphatic rings. The SMILES string of the molecule is C#CCOc1ccc2c(N)cccc2c1. The van der Waals surface area contributed by atoms with Crippen LogP contribution in [-0.2, 0) is 0 Å². The molecule has 0 heterocycles. The van der Waals surface area contributed by atoms with Crippen molar-refractivity contribution in [3.63, 3.8) is 0 Å². The molecule has 0 spiro atoms. The van der Waals surface area contributed by atoms with Gasteiger partial charge in [0.2, 0.25) is 0 Å². The smallest absolute Gasteiger partial charge is 0.148 e. The number of benzene rings is 2. The highest BCUT2D eigenvalue weighted by atomic mass is 16.5. The van der Waals surface area contributed by atoms with Crippen molar-refractivity contribution in [1.82, 2.24) is 0 Å². The van der Waals surface area contributed by atoms with Gasteiger partial charge in [0, 0.05) is 11.1 Å². The molecule has 0 radical (unpaired) electrons. The Morgan fingerprint density at radius 1 is 1.27 bits per heavy atom. The maximum absolute atomic E-state index is 5.83. The number of hydrogen-bond acceptors (Lipinski definition) is 2. The zero-order chi connectivity index (χ0) is 10.7. The van der Waals surface area contributed by atoms with E-state index in [-0.39, 0.29) is 6.61 Å². The van der Waals surface area contributed by atoms with Crippen LogP contribution in [0.15, 0.2) is 36.4 Å². The number of hydrogen-bond donors (Lipinski definition) is 1. The predicted octanol–water partition coefficient (Wildman–Crippen LogP) is 2.43. The van der Waals surface area contributed by atoms with E-state index in [0.29, 0.717) is 0 Å². The second-order valence-electron chi connectivity index (χ2n) is 3.22. The van der Waals surface area contributed by atoms with E-state index in [0.717, 1.165) is 22.2 Å². The van der Waals surface area contributed by atoms with Crippen LogP contribution in [0.5, 0.6) is 5.75 Å². The first-order valence-corrected chi connectivity index (χ1v) is 4.66. The van der Waals surface area contributed by atoms with Crippen LogP contribution in [0.4, 0.5) is 5.69 Å². The molecule has 0 bridgehead atoms. The Balaban J connectivity index is 2.44. The minimum Gasteiger partial charge on any atom is -0.481 e. The molecular weight excluding hydrogens is 186 g/mol. The largest absolute Gasteiger partial charge is 0.481 e. The molecule has 2 aromatic carbocycles. The van der Waals surface area contributed by atoms with E-state index >= 15 is 0 Å². The fourth-order valence-corrected chi connectivity index (χ4v) is 1.50. The molecule has 15 heavy (non-hydrogen) atoms. The Kier molecular flexibility index (Phi) is 2.47. The molecule has 0 aliphatic carbocycles. The summed E-state index contributed by atoms with van der Waals surface area (Å²) in [7, 11) is 0. The number of nitrogen functional groups attached to an aromatic ring is 1. The molecular formula is C13H11NO. The van der Waals surface area contributed by atoms with Gasteiger partial charge in [0.05, 0.1) is 0 Å². The van der Waals surface area contributed by atoms with Gasteiger partial charge < -0.3 is 10.5 Å². The fourth-order valence-electron chi connectivity index (χ4n) is 1.50. The maximum Gasteiger partial charge on any atom is 0.148 e. The summed E-state index contributed by atoms with van der Waals surface area (Å²) in [5.41, 5.74) is 6.61. The van der Waals surface area contributed by atoms with Gasteiger partial charge in [-0.2, -0.15) is 0 Å². The van der Waals surface area contributed by atoms with Crippen LogP contribution in [0.2, 0.25) is 0 Å². The highest BCUT2D eigenvalue weighted by Gasteiger charge is 1.99. The molecule has 0 aliphatic heterocycles. The van der Waals surface area contributed by atoms with Crippen molar-refractivity contribution in [3.8, 4) is 18.1 Å². The van der Waals surface area contributed by atoms with Crippen LogP contribution in [0.1, 0.15) is 0 Å². The van der Waals surface area contributed by atoms with Crippen molar-refractivity contribution < 1.29 is 4.74 Å². The van der Waals surface area contributed by atoms with Gasteiger partial charge in [-0.05, 0) is 29.7 Å². The van der Waals surface area contributed by atoms with Crippen molar-refractivity contribution in [2.75, 3.05) is 12.3 Å². The van der Waals surface area contributed by atoms with Crippen molar-refractivity contribution in [2.24, 2.45) is 0 Å². The van der Waals surface area contributed by atoms with E-state index in [4.69, 9.17) is 16.9 Å². The normalized spacial score (nSPS) is 9.80. The lowest BCUT2D eigenvalue weighted by Gasteiger charge is -2.05. The Morgan fingerprint density at radius 3 is 2.93 bits per heavy atom. The van der Waals surface area contributed by atoms with Crippen molar-refractivity contribution in [2.45, 2.75) is 0 Å². The van der Waals surface area contributed by atoms with E-state index in [1.54, 1.807) is 0 Å². The van der Waals surface area contributed by atoms with E-state index in [9.17, 15) is 0 Å². The summed E-state index contributed by atoms with van der Waals surface area (Å²) in [5, 5.41) is 2.09. The van der Waals surface area contributed by atoms with Gasteiger partial charge in [0.1, 0.15) is 12.4 Å². The molecule has 0 fully saturated rings. The minimum absolute atomic E-state index is 0.286. The van der Waals surface area contributed by atoms with Gasteiger partial charge in [-0.15, -0.1) is 6.42 Å². The van der Waals surface area contributed by atoms with Crippen molar-refractivity contribution in [1.29, 1.82) is 0 Å². The number of fused-ring (bicyclic) bond motifs is 1. The molecule has 2 aromatic rings. The Hall–Kier alpha value is -2.14. The second-order valence-corrected chi connectivity index (χ2v) is 3.22. The second kappa shape index (κ2) is 3.93. The number of anilines is 1. The van der Waals surface area contributed by atoms with Crippen molar-refractivity contribution >= 4 is 16.5 Å². The minimum atomic E-state index is 0.286. The van der Waals surface area contributed by atoms with E-state index in [1.165, 1.54) is 0 Å². The summed E-state index contributed by atoms with van der Waals surface area (Å²) >= 11 is 0. The van der Waals surface area contributed by atoms with Gasteiger partial charge in [0.15, 0.2) is 0 Å². The summed E-state index contributed by atoms with van der Waals surface area (Å²) in [4.78, 5) is 0. The predicted molar refractivity (Wildman–Crippen MR) is 62.7 cm³/mol. The first-order chi connectivity index (χ1) is 7.31. The Bertz CT molecular complexity index is 526. The van der Waals surface area contributed by atoms with Gasteiger partial charge in [-0.25, -0.2) is 0 Å². The third-order valence-corrected chi connectivity index (χ3v) is 2.21. The summed E-state index contributed by atoms with van der Waals surface area (Å²) in [6.07, 6.45) is 5.12. The maximum atomic E-state index is 5.83. The van der Waals surface area contributed by atoms with Crippen molar-refractivity contribution in [3.05, 3.63) is 36.4 Å². The molecule has 0 saturated heterocycles. The third-order valence-electron chi connectivity index (χ3n) is 2.21. The molecule has 2 heteroatoms. The molecule has 0 saturated carbocycles. The van der Waals surface area contributed by atoms with E-state index in [2.05, 4.69) is 5.92 Å². The summed E-state index contributed by atoms with van der Waals surface area (Å²) in [6.45, 7) is 0.286. The number of terminal acetylenes is 1. The van der Waals surface area contributed by atoms with Crippen LogP contribution < -0.4 is 10.5 Å². The zero-order valence-electron chi connectivity index (χ0n) is 8.23. The average Bonchev–Trinajstić information content (AvgIpc) is 2.26. The number of nitrogens with two attached hydrogens (primary N) is 1. The lowest BCUT2D eigenvalue weighted by Crippen LogP contribution is -1.93. The quantitative estimate of drug-likeness (QED) is 0.592. The van der Waals surface area contributed by atoms with Gasteiger partial charge in [-0.1, -0.05) is 18.1 Å². The summed E-state index contributed by atoms with van der Waals surface area (Å²) in [5.74, 6) is 3.20. The van der Waals surface area contributed by atoms with Crippen LogP contribution in [0, 0.1) is 12.3 Å². The Morgan fingerprint density at radius 2 is 2.13 bits per heavy atom. The molecule has 2 N–H and O–H groups in total. The molecule has 74 valence electrons. The Labute approximate surface area is 88.7 Å². The first kappa shape index (κ1) is 9.42. The molecule has 0 unspecified atom stereocenters. The monoisotopic (exact) mass is 197 g/mol. The highest BCUT2D eigenvalue weighted by molar-refractivity contribution is 5.93. The molecule has 0 amide bonds. The van der Waals surface area contributed by atoms with Crippen LogP contribution >= 0.6 is 0 Å². The topological polar surface area (TPSA) is 35.2 Å². The number of ether oxygens (including phenoxy) is 1. The lowest BCUT2D eigenvalue weighted by atomic mass is 10.1. The highest BCUT2D eigenvalue weighted by Crippen LogP contribution is 2.24. The number of rotatable bonds is 2. The fraction of sp³-hybridized carbons (Fsp3) is 0.0769. The third kappa shape index (κ3) is 1.87. The summed E-state index contributed by atoms with van der Waals surface area (Å²) < 4.78 is 5.33. The van der Waals surface area contributed by atoms with Gasteiger partial charge in [0.25, 0.3) is 0 Å². The lowest BCUT2D eigenvalue weighted by molar-refractivity contribution is 0.371. The standard InChI is InChI=1S/C13H11NO/c1-2-8-15-11-6-7-12-10(9-11)4-3-5-13(12)14/h1,3-7,9H,8,14H2. The molecule has 0 atom stereocenters. The summed E-state index contributed by atoms with van der Waals surface area (Å²) in [6, 6.07) is 11.5. The van der Waals surface area contributed by atoms with E-state index in [1.807, 2.05) is 36.4 Å². The molecule has 0 aromatic heterocycles.